The van der Waals surface area contributed by atoms with Gasteiger partial charge in [0.2, 0.25) is 23.6 Å². The standard InChI is InChI=1S/C31H53N3O8/c1-20(2)27(23(35)18-21(3)28(39)31(7,8)9)33-25(37)11-14-41-16-17-42-15-12-32-24(36)10-13-34-26(38)19-22(29(34)40)30(4,5)6/h20-22,27H,10-19H2,1-9H3,(H,32,36)(H,33,37)/t21-,22?,27+/m1/s1. The normalized spacial score (nSPS) is 17.4. The summed E-state index contributed by atoms with van der Waals surface area (Å²) in [5, 5.41) is 5.48. The van der Waals surface area contributed by atoms with Gasteiger partial charge in [0, 0.05) is 50.1 Å². The highest BCUT2D eigenvalue weighted by atomic mass is 16.5. The van der Waals surface area contributed by atoms with Crippen molar-refractivity contribution >= 4 is 35.2 Å². The first kappa shape index (κ1) is 37.4. The Labute approximate surface area is 251 Å². The lowest BCUT2D eigenvalue weighted by atomic mass is 9.80. The van der Waals surface area contributed by atoms with Crippen molar-refractivity contribution < 1.29 is 38.2 Å². The molecule has 0 aromatic rings. The predicted molar refractivity (Wildman–Crippen MR) is 158 cm³/mol. The van der Waals surface area contributed by atoms with E-state index in [9.17, 15) is 28.8 Å². The van der Waals surface area contributed by atoms with E-state index in [1.807, 2.05) is 55.4 Å². The number of likely N-dealkylation sites (tertiary alicyclic amines) is 1. The number of carbonyl (C=O) groups excluding carboxylic acids is 6. The summed E-state index contributed by atoms with van der Waals surface area (Å²) in [4.78, 5) is 75.6. The number of ether oxygens (including phenoxy) is 2. The molecule has 42 heavy (non-hydrogen) atoms. The molecule has 1 saturated heterocycles. The van der Waals surface area contributed by atoms with Crippen molar-refractivity contribution in [2.75, 3.05) is 39.5 Å². The zero-order valence-corrected chi connectivity index (χ0v) is 27.1. The Morgan fingerprint density at radius 2 is 1.48 bits per heavy atom. The molecule has 0 saturated carbocycles. The number of carbonyl (C=O) groups is 6. The summed E-state index contributed by atoms with van der Waals surface area (Å²) in [5.41, 5.74) is -0.830. The number of rotatable bonds is 18. The van der Waals surface area contributed by atoms with Crippen molar-refractivity contribution in [2.24, 2.45) is 28.6 Å². The third-order valence-electron chi connectivity index (χ3n) is 7.29. The van der Waals surface area contributed by atoms with Crippen LogP contribution in [0.1, 0.15) is 88.0 Å². The molecule has 0 aliphatic carbocycles. The first-order valence-electron chi connectivity index (χ1n) is 15.0. The Hall–Kier alpha value is -2.66. The van der Waals surface area contributed by atoms with Gasteiger partial charge in [0.25, 0.3) is 0 Å². The van der Waals surface area contributed by atoms with Gasteiger partial charge in [-0.15, -0.1) is 0 Å². The average molecular weight is 596 g/mol. The summed E-state index contributed by atoms with van der Waals surface area (Å²) in [5.74, 6) is -2.04. The van der Waals surface area contributed by atoms with Gasteiger partial charge in [0.15, 0.2) is 5.78 Å². The van der Waals surface area contributed by atoms with Gasteiger partial charge in [-0.05, 0) is 11.3 Å². The largest absolute Gasteiger partial charge is 0.379 e. The molecule has 0 spiro atoms. The number of hydrogen-bond donors (Lipinski definition) is 2. The van der Waals surface area contributed by atoms with E-state index in [1.54, 1.807) is 6.92 Å². The lowest BCUT2D eigenvalue weighted by molar-refractivity contribution is -0.140. The first-order chi connectivity index (χ1) is 19.4. The summed E-state index contributed by atoms with van der Waals surface area (Å²) in [6, 6.07) is -0.664. The van der Waals surface area contributed by atoms with E-state index in [1.165, 1.54) is 4.90 Å². The topological polar surface area (TPSA) is 148 Å². The molecule has 1 aliphatic rings. The van der Waals surface area contributed by atoms with Crippen molar-refractivity contribution in [3.8, 4) is 0 Å². The van der Waals surface area contributed by atoms with Gasteiger partial charge in [0.1, 0.15) is 5.78 Å². The SMILES string of the molecule is CC(C)[C@H](NC(=O)CCOCCOCCNC(=O)CCN1C(=O)CC(C(C)(C)C)C1=O)C(=O)C[C@@H](C)C(=O)C(C)(C)C. The Balaban J connectivity index is 2.20. The van der Waals surface area contributed by atoms with Gasteiger partial charge in [0.05, 0.1) is 38.4 Å². The number of Topliss-reactive ketones (excluding diaryl/α,β-unsaturated/α-hetero) is 2. The second-order valence-electron chi connectivity index (χ2n) is 13.6. The third-order valence-corrected chi connectivity index (χ3v) is 7.29. The number of ketones is 2. The highest BCUT2D eigenvalue weighted by molar-refractivity contribution is 6.04. The monoisotopic (exact) mass is 595 g/mol. The van der Waals surface area contributed by atoms with Gasteiger partial charge >= 0.3 is 0 Å². The van der Waals surface area contributed by atoms with Crippen LogP contribution in [0.2, 0.25) is 0 Å². The van der Waals surface area contributed by atoms with E-state index in [0.29, 0.717) is 0 Å². The second kappa shape index (κ2) is 16.8. The minimum atomic E-state index is -0.664. The summed E-state index contributed by atoms with van der Waals surface area (Å²) >= 11 is 0. The molecule has 240 valence electrons. The summed E-state index contributed by atoms with van der Waals surface area (Å²) < 4.78 is 10.9. The van der Waals surface area contributed by atoms with Crippen LogP contribution in [-0.2, 0) is 38.2 Å². The Bertz CT molecular complexity index is 964. The van der Waals surface area contributed by atoms with Crippen LogP contribution in [0.15, 0.2) is 0 Å². The summed E-state index contributed by atoms with van der Waals surface area (Å²) in [6.45, 7) is 18.0. The molecule has 0 radical (unpaired) electrons. The van der Waals surface area contributed by atoms with Crippen molar-refractivity contribution in [2.45, 2.75) is 94.0 Å². The van der Waals surface area contributed by atoms with Crippen molar-refractivity contribution in [1.82, 2.24) is 15.5 Å². The maximum absolute atomic E-state index is 12.8. The quantitative estimate of drug-likeness (QED) is 0.182. The average Bonchev–Trinajstić information content (AvgIpc) is 3.16. The maximum Gasteiger partial charge on any atom is 0.233 e. The summed E-state index contributed by atoms with van der Waals surface area (Å²) in [6.07, 6.45) is 0.393. The maximum atomic E-state index is 12.8. The van der Waals surface area contributed by atoms with Crippen LogP contribution < -0.4 is 10.6 Å². The van der Waals surface area contributed by atoms with E-state index < -0.39 is 17.4 Å². The highest BCUT2D eigenvalue weighted by Gasteiger charge is 2.44. The third kappa shape index (κ3) is 12.7. The molecular formula is C31H53N3O8. The predicted octanol–water partition coefficient (Wildman–Crippen LogP) is 2.69. The van der Waals surface area contributed by atoms with Crippen LogP contribution in [0.4, 0.5) is 0 Å². The van der Waals surface area contributed by atoms with E-state index in [4.69, 9.17) is 9.47 Å². The Morgan fingerprint density at radius 1 is 0.881 bits per heavy atom. The smallest absolute Gasteiger partial charge is 0.233 e. The van der Waals surface area contributed by atoms with Crippen molar-refractivity contribution in [1.29, 1.82) is 0 Å². The molecule has 0 aromatic heterocycles. The fourth-order valence-corrected chi connectivity index (χ4v) is 4.77. The van der Waals surface area contributed by atoms with E-state index in [0.717, 1.165) is 0 Å². The fourth-order valence-electron chi connectivity index (χ4n) is 4.77. The molecule has 1 unspecified atom stereocenters. The Morgan fingerprint density at radius 3 is 2.00 bits per heavy atom. The van der Waals surface area contributed by atoms with Crippen molar-refractivity contribution in [3.63, 3.8) is 0 Å². The van der Waals surface area contributed by atoms with Gasteiger partial charge in [-0.25, -0.2) is 0 Å². The van der Waals surface area contributed by atoms with E-state index >= 15 is 0 Å². The number of nitrogens with zero attached hydrogens (tertiary/aromatic N) is 1. The fraction of sp³-hybridized carbons (Fsp3) is 0.806. The van der Waals surface area contributed by atoms with Gasteiger partial charge in [-0.2, -0.15) is 0 Å². The van der Waals surface area contributed by atoms with Crippen LogP contribution in [0, 0.1) is 28.6 Å². The summed E-state index contributed by atoms with van der Waals surface area (Å²) in [7, 11) is 0. The molecule has 0 aromatic carbocycles. The number of nitrogens with one attached hydrogen (secondary N) is 2. The molecule has 1 aliphatic heterocycles. The molecule has 3 atom stereocenters. The van der Waals surface area contributed by atoms with E-state index in [-0.39, 0.29) is 118 Å². The zero-order valence-electron chi connectivity index (χ0n) is 27.1. The molecule has 1 fully saturated rings. The molecule has 11 nitrogen and oxygen atoms in total. The van der Waals surface area contributed by atoms with Crippen LogP contribution in [-0.4, -0.2) is 85.7 Å². The molecule has 11 heteroatoms. The molecule has 4 amide bonds. The number of imide groups is 1. The molecule has 0 bridgehead atoms. The minimum Gasteiger partial charge on any atom is -0.379 e. The van der Waals surface area contributed by atoms with Crippen LogP contribution >= 0.6 is 0 Å². The first-order valence-corrected chi connectivity index (χ1v) is 15.0. The highest BCUT2D eigenvalue weighted by Crippen LogP contribution is 2.35. The molecule has 1 rings (SSSR count). The van der Waals surface area contributed by atoms with Gasteiger partial charge in [-0.3, -0.25) is 33.7 Å². The minimum absolute atomic E-state index is 0.0185. The lowest BCUT2D eigenvalue weighted by Gasteiger charge is -2.25. The Kier molecular flexibility index (Phi) is 15.0. The molecule has 1 heterocycles. The number of amides is 4. The van der Waals surface area contributed by atoms with E-state index in [2.05, 4.69) is 10.6 Å². The number of hydrogen-bond acceptors (Lipinski definition) is 8. The van der Waals surface area contributed by atoms with Crippen molar-refractivity contribution in [3.05, 3.63) is 0 Å². The second-order valence-corrected chi connectivity index (χ2v) is 13.6. The zero-order chi connectivity index (χ0) is 32.3. The van der Waals surface area contributed by atoms with Gasteiger partial charge in [-0.1, -0.05) is 62.3 Å². The molecular weight excluding hydrogens is 542 g/mol. The van der Waals surface area contributed by atoms with Gasteiger partial charge < -0.3 is 20.1 Å². The van der Waals surface area contributed by atoms with Crippen LogP contribution in [0.25, 0.3) is 0 Å². The van der Waals surface area contributed by atoms with Crippen LogP contribution in [0.3, 0.4) is 0 Å². The van der Waals surface area contributed by atoms with Crippen LogP contribution in [0.5, 0.6) is 0 Å². The molecule has 2 N–H and O–H groups in total. The lowest BCUT2D eigenvalue weighted by Crippen LogP contribution is -2.45.